The van der Waals surface area contributed by atoms with Crippen LogP contribution in [0, 0.1) is 0 Å². The van der Waals surface area contributed by atoms with Gasteiger partial charge >= 0.3 is 0 Å². The number of carbonyl (C=O) groups is 2. The molecule has 0 radical (unpaired) electrons. The second-order valence-electron chi connectivity index (χ2n) is 5.13. The van der Waals surface area contributed by atoms with E-state index in [1.54, 1.807) is 42.5 Å². The monoisotopic (exact) mass is 325 g/mol. The van der Waals surface area contributed by atoms with Gasteiger partial charge in [-0.1, -0.05) is 31.2 Å². The van der Waals surface area contributed by atoms with Crippen molar-refractivity contribution < 1.29 is 14.7 Å². The van der Waals surface area contributed by atoms with E-state index in [4.69, 9.17) is 0 Å². The predicted octanol–water partition coefficient (Wildman–Crippen LogP) is 4.20. The number of amides is 2. The molecule has 1 aliphatic heterocycles. The third kappa shape index (κ3) is 3.14. The average Bonchev–Trinajstić information content (AvgIpc) is 2.81. The van der Waals surface area contributed by atoms with Crippen molar-refractivity contribution >= 4 is 34.7 Å². The zero-order valence-corrected chi connectivity index (χ0v) is 13.3. The summed E-state index contributed by atoms with van der Waals surface area (Å²) >= 11 is 0.904. The fourth-order valence-corrected chi connectivity index (χ4v) is 3.18. The number of anilines is 1. The van der Waals surface area contributed by atoms with Gasteiger partial charge in [0.05, 0.1) is 10.6 Å². The Morgan fingerprint density at radius 3 is 2.52 bits per heavy atom. The van der Waals surface area contributed by atoms with Crippen LogP contribution in [0.15, 0.2) is 53.4 Å². The highest BCUT2D eigenvalue weighted by atomic mass is 32.2. The van der Waals surface area contributed by atoms with Crippen molar-refractivity contribution in [2.75, 3.05) is 4.90 Å². The van der Waals surface area contributed by atoms with Crippen molar-refractivity contribution in [2.45, 2.75) is 13.3 Å². The van der Waals surface area contributed by atoms with Gasteiger partial charge in [-0.25, -0.2) is 4.90 Å². The first-order valence-corrected chi connectivity index (χ1v) is 8.06. The maximum absolute atomic E-state index is 12.5. The van der Waals surface area contributed by atoms with Crippen molar-refractivity contribution in [3.63, 3.8) is 0 Å². The first-order chi connectivity index (χ1) is 11.1. The van der Waals surface area contributed by atoms with Gasteiger partial charge in [0.25, 0.3) is 11.1 Å². The zero-order valence-electron chi connectivity index (χ0n) is 12.5. The maximum atomic E-state index is 12.5. The molecule has 5 heteroatoms. The summed E-state index contributed by atoms with van der Waals surface area (Å²) in [5.41, 5.74) is 2.40. The van der Waals surface area contributed by atoms with Crippen molar-refractivity contribution in [1.82, 2.24) is 0 Å². The van der Waals surface area contributed by atoms with Crippen LogP contribution in [-0.4, -0.2) is 16.3 Å². The third-order valence-electron chi connectivity index (χ3n) is 3.56. The van der Waals surface area contributed by atoms with Crippen molar-refractivity contribution in [2.24, 2.45) is 0 Å². The molecule has 2 aromatic carbocycles. The molecule has 0 atom stereocenters. The summed E-state index contributed by atoms with van der Waals surface area (Å²) in [6, 6.07) is 14.0. The number of thioether (sulfide) groups is 1. The number of nitrogens with zero attached hydrogens (tertiary/aromatic N) is 1. The molecular weight excluding hydrogens is 310 g/mol. The van der Waals surface area contributed by atoms with Gasteiger partial charge in [-0.05, 0) is 59.7 Å². The number of rotatable bonds is 3. The molecule has 4 nitrogen and oxygen atoms in total. The van der Waals surface area contributed by atoms with Gasteiger partial charge < -0.3 is 5.11 Å². The molecule has 1 heterocycles. The summed E-state index contributed by atoms with van der Waals surface area (Å²) in [4.78, 5) is 26.2. The lowest BCUT2D eigenvalue weighted by molar-refractivity contribution is -0.113. The second kappa shape index (κ2) is 6.30. The van der Waals surface area contributed by atoms with E-state index < -0.39 is 0 Å². The molecule has 3 rings (SSSR count). The van der Waals surface area contributed by atoms with E-state index in [2.05, 4.69) is 0 Å². The molecule has 1 fully saturated rings. The summed E-state index contributed by atoms with van der Waals surface area (Å²) in [7, 11) is 0. The number of hydrogen-bond acceptors (Lipinski definition) is 4. The van der Waals surface area contributed by atoms with Crippen LogP contribution in [0.3, 0.4) is 0 Å². The Morgan fingerprint density at radius 1 is 1.13 bits per heavy atom. The standard InChI is InChI=1S/C18H15NO3S/c1-2-12-6-8-14(9-7-12)19-17(21)16(23-18(19)22)11-13-4-3-5-15(20)10-13/h3-11,20H,2H2,1H3/b16-11-. The molecule has 0 spiro atoms. The Morgan fingerprint density at radius 2 is 1.87 bits per heavy atom. The van der Waals surface area contributed by atoms with E-state index >= 15 is 0 Å². The van der Waals surface area contributed by atoms with Gasteiger partial charge in [0.15, 0.2) is 0 Å². The van der Waals surface area contributed by atoms with Crippen LogP contribution in [0.4, 0.5) is 10.5 Å². The largest absolute Gasteiger partial charge is 0.508 e. The Bertz CT molecular complexity index is 796. The second-order valence-corrected chi connectivity index (χ2v) is 6.13. The van der Waals surface area contributed by atoms with Gasteiger partial charge in [0, 0.05) is 0 Å². The molecule has 0 saturated carbocycles. The van der Waals surface area contributed by atoms with Gasteiger partial charge in [0.2, 0.25) is 0 Å². The Kier molecular flexibility index (Phi) is 4.21. The summed E-state index contributed by atoms with van der Waals surface area (Å²) in [5.74, 6) is -0.222. The SMILES string of the molecule is CCc1ccc(N2C(=O)S/C(=C\c3cccc(O)c3)C2=O)cc1. The number of carbonyl (C=O) groups excluding carboxylic acids is 2. The van der Waals surface area contributed by atoms with E-state index in [9.17, 15) is 14.7 Å². The van der Waals surface area contributed by atoms with Crippen LogP contribution >= 0.6 is 11.8 Å². The summed E-state index contributed by atoms with van der Waals surface area (Å²) in [6.07, 6.45) is 2.52. The van der Waals surface area contributed by atoms with Gasteiger partial charge in [-0.3, -0.25) is 9.59 Å². The fourth-order valence-electron chi connectivity index (χ4n) is 2.34. The van der Waals surface area contributed by atoms with Gasteiger partial charge in [-0.2, -0.15) is 0 Å². The first kappa shape index (κ1) is 15.4. The summed E-state index contributed by atoms with van der Waals surface area (Å²) in [6.45, 7) is 2.05. The lowest BCUT2D eigenvalue weighted by Gasteiger charge is -2.12. The van der Waals surface area contributed by atoms with Crippen molar-refractivity contribution in [3.05, 3.63) is 64.6 Å². The van der Waals surface area contributed by atoms with Crippen LogP contribution in [0.1, 0.15) is 18.1 Å². The van der Waals surface area contributed by atoms with Gasteiger partial charge in [0.1, 0.15) is 5.75 Å². The molecule has 23 heavy (non-hydrogen) atoms. The number of imide groups is 1. The quantitative estimate of drug-likeness (QED) is 0.860. The smallest absolute Gasteiger partial charge is 0.298 e. The zero-order chi connectivity index (χ0) is 16.4. The average molecular weight is 325 g/mol. The van der Waals surface area contributed by atoms with E-state index in [-0.39, 0.29) is 16.9 Å². The lowest BCUT2D eigenvalue weighted by Crippen LogP contribution is -2.27. The number of aromatic hydroxyl groups is 1. The van der Waals surface area contributed by atoms with Crippen LogP contribution < -0.4 is 4.90 Å². The minimum absolute atomic E-state index is 0.119. The highest BCUT2D eigenvalue weighted by molar-refractivity contribution is 8.19. The van der Waals surface area contributed by atoms with Crippen molar-refractivity contribution in [1.29, 1.82) is 0 Å². The molecule has 1 saturated heterocycles. The molecule has 0 bridgehead atoms. The molecule has 1 N–H and O–H groups in total. The number of aryl methyl sites for hydroxylation is 1. The maximum Gasteiger partial charge on any atom is 0.298 e. The van der Waals surface area contributed by atoms with E-state index in [1.165, 1.54) is 4.90 Å². The summed E-state index contributed by atoms with van der Waals surface area (Å²) in [5, 5.41) is 9.17. The number of benzene rings is 2. The third-order valence-corrected chi connectivity index (χ3v) is 4.43. The molecule has 0 unspecified atom stereocenters. The molecule has 0 aliphatic carbocycles. The van der Waals surface area contributed by atoms with E-state index in [0.717, 1.165) is 23.7 Å². The molecule has 2 aromatic rings. The Labute approximate surface area is 138 Å². The molecule has 0 aromatic heterocycles. The molecule has 2 amide bonds. The highest BCUT2D eigenvalue weighted by Crippen LogP contribution is 2.36. The summed E-state index contributed by atoms with van der Waals surface area (Å²) < 4.78 is 0. The Balaban J connectivity index is 1.90. The first-order valence-electron chi connectivity index (χ1n) is 7.24. The van der Waals surface area contributed by atoms with Crippen LogP contribution in [-0.2, 0) is 11.2 Å². The van der Waals surface area contributed by atoms with E-state index in [0.29, 0.717) is 16.2 Å². The number of phenolic OH excluding ortho intramolecular Hbond substituents is 1. The Hall–Kier alpha value is -2.53. The van der Waals surface area contributed by atoms with Crippen LogP contribution in [0.25, 0.3) is 6.08 Å². The van der Waals surface area contributed by atoms with Gasteiger partial charge in [-0.15, -0.1) is 0 Å². The molecule has 116 valence electrons. The van der Waals surface area contributed by atoms with Crippen LogP contribution in [0.5, 0.6) is 5.75 Å². The van der Waals surface area contributed by atoms with E-state index in [1.807, 2.05) is 19.1 Å². The predicted molar refractivity (Wildman–Crippen MR) is 92.4 cm³/mol. The molecule has 1 aliphatic rings. The topological polar surface area (TPSA) is 57.6 Å². The minimum Gasteiger partial charge on any atom is -0.508 e. The lowest BCUT2D eigenvalue weighted by atomic mass is 10.1. The minimum atomic E-state index is -0.340. The fraction of sp³-hybridized carbons (Fsp3) is 0.111. The number of phenols is 1. The normalized spacial score (nSPS) is 16.4. The number of hydrogen-bond donors (Lipinski definition) is 1. The molecular formula is C18H15NO3S. The van der Waals surface area contributed by atoms with Crippen LogP contribution in [0.2, 0.25) is 0 Å². The highest BCUT2D eigenvalue weighted by Gasteiger charge is 2.36. The van der Waals surface area contributed by atoms with Crippen molar-refractivity contribution in [3.8, 4) is 5.75 Å².